The van der Waals surface area contributed by atoms with E-state index in [9.17, 15) is 5.11 Å². The van der Waals surface area contributed by atoms with Crippen LogP contribution in [0.15, 0.2) is 24.3 Å². The fraction of sp³-hybridized carbons (Fsp3) is 0.556. The lowest BCUT2D eigenvalue weighted by molar-refractivity contribution is -0.133. The molecule has 4 nitrogen and oxygen atoms in total. The Morgan fingerprint density at radius 2 is 2.22 bits per heavy atom. The molecule has 0 unspecified atom stereocenters. The van der Waals surface area contributed by atoms with Gasteiger partial charge in [0.05, 0.1) is 12.5 Å². The Balaban J connectivity index is 0.00000135. The zero-order chi connectivity index (χ0) is 15.1. The van der Waals surface area contributed by atoms with Crippen molar-refractivity contribution in [2.24, 2.45) is 0 Å². The fourth-order valence-electron chi connectivity index (χ4n) is 5.43. The van der Waals surface area contributed by atoms with E-state index in [1.807, 2.05) is 12.1 Å². The molecule has 1 N–H and O–H groups in total. The van der Waals surface area contributed by atoms with E-state index >= 15 is 0 Å². The molecule has 2 heterocycles. The molecule has 0 radical (unpaired) electrons. The highest BCUT2D eigenvalue weighted by Crippen LogP contribution is 2.63. The average molecular weight is 336 g/mol. The van der Waals surface area contributed by atoms with Crippen molar-refractivity contribution in [1.29, 1.82) is 0 Å². The van der Waals surface area contributed by atoms with Gasteiger partial charge in [-0.15, -0.1) is 12.4 Å². The van der Waals surface area contributed by atoms with E-state index in [2.05, 4.69) is 24.1 Å². The molecule has 0 amide bonds. The molecule has 2 bridgehead atoms. The van der Waals surface area contributed by atoms with Crippen molar-refractivity contribution in [3.63, 3.8) is 0 Å². The predicted octanol–water partition coefficient (Wildman–Crippen LogP) is 2.07. The largest absolute Gasteiger partial charge is 0.493 e. The van der Waals surface area contributed by atoms with Crippen molar-refractivity contribution in [2.75, 3.05) is 20.7 Å². The highest BCUT2D eigenvalue weighted by Gasteiger charge is 2.69. The lowest BCUT2D eigenvalue weighted by Gasteiger charge is -2.60. The first kappa shape index (κ1) is 15.3. The molecule has 4 aliphatic rings. The summed E-state index contributed by atoms with van der Waals surface area (Å²) in [5.74, 6) is 1.66. The smallest absolute Gasteiger partial charge is 0.165 e. The molecule has 0 aromatic heterocycles. The van der Waals surface area contributed by atoms with Crippen molar-refractivity contribution in [2.45, 2.75) is 42.4 Å². The highest BCUT2D eigenvalue weighted by atomic mass is 35.5. The lowest BCUT2D eigenvalue weighted by atomic mass is 9.51. The van der Waals surface area contributed by atoms with Crippen LogP contribution in [-0.2, 0) is 11.8 Å². The summed E-state index contributed by atoms with van der Waals surface area (Å²) >= 11 is 0. The summed E-state index contributed by atoms with van der Waals surface area (Å²) in [6.07, 6.45) is 6.81. The van der Waals surface area contributed by atoms with Crippen LogP contribution in [0.4, 0.5) is 0 Å². The van der Waals surface area contributed by atoms with Crippen LogP contribution >= 0.6 is 12.4 Å². The summed E-state index contributed by atoms with van der Waals surface area (Å²) in [7, 11) is 3.81. The number of benzene rings is 1. The molecule has 1 aromatic carbocycles. The maximum Gasteiger partial charge on any atom is 0.165 e. The standard InChI is InChI=1S/C18H21NO3.ClH/c1-19-9-8-17-14-4-3-7-18(17,20)13(19)10-11-5-6-12(21-2)16(22-14)15(11)17;/h3,5-7,13-14,20H,4,8-10H2,1-2H3;1H/t13-,14+,17-,18-;/m1./s1. The third kappa shape index (κ3) is 1.50. The topological polar surface area (TPSA) is 41.9 Å². The molecule has 5 rings (SSSR count). The second-order valence-corrected chi connectivity index (χ2v) is 7.12. The van der Waals surface area contributed by atoms with Gasteiger partial charge in [0.2, 0.25) is 0 Å². The Morgan fingerprint density at radius 1 is 1.39 bits per heavy atom. The predicted molar refractivity (Wildman–Crippen MR) is 89.8 cm³/mol. The minimum absolute atomic E-state index is 0. The number of methoxy groups -OCH3 is 1. The summed E-state index contributed by atoms with van der Waals surface area (Å²) in [4.78, 5) is 2.31. The van der Waals surface area contributed by atoms with E-state index in [-0.39, 0.29) is 30.0 Å². The van der Waals surface area contributed by atoms with E-state index in [1.165, 1.54) is 11.1 Å². The van der Waals surface area contributed by atoms with E-state index in [1.54, 1.807) is 7.11 Å². The zero-order valence-electron chi connectivity index (χ0n) is 13.4. The second-order valence-electron chi connectivity index (χ2n) is 7.12. The number of piperidine rings is 1. The summed E-state index contributed by atoms with van der Waals surface area (Å²) in [5.41, 5.74) is 1.38. The first-order valence-electron chi connectivity index (χ1n) is 8.09. The van der Waals surface area contributed by atoms with E-state index < -0.39 is 5.60 Å². The molecule has 4 atom stereocenters. The Morgan fingerprint density at radius 3 is 3.00 bits per heavy atom. The molecule has 124 valence electrons. The maximum atomic E-state index is 11.7. The zero-order valence-corrected chi connectivity index (χ0v) is 14.2. The van der Waals surface area contributed by atoms with Crippen LogP contribution in [0.3, 0.4) is 0 Å². The van der Waals surface area contributed by atoms with Crippen LogP contribution in [-0.4, -0.2) is 48.5 Å². The van der Waals surface area contributed by atoms with Gasteiger partial charge in [-0.05, 0) is 38.1 Å². The van der Waals surface area contributed by atoms with Gasteiger partial charge in [-0.3, -0.25) is 4.90 Å². The summed E-state index contributed by atoms with van der Waals surface area (Å²) in [6.45, 7) is 0.997. The van der Waals surface area contributed by atoms with Crippen molar-refractivity contribution < 1.29 is 14.6 Å². The van der Waals surface area contributed by atoms with Gasteiger partial charge in [0.15, 0.2) is 11.5 Å². The quantitative estimate of drug-likeness (QED) is 0.798. The minimum atomic E-state index is -0.840. The summed E-state index contributed by atoms with van der Waals surface area (Å²) < 4.78 is 11.9. The minimum Gasteiger partial charge on any atom is -0.493 e. The molecule has 1 fully saturated rings. The number of rotatable bonds is 1. The number of hydrogen-bond donors (Lipinski definition) is 1. The maximum absolute atomic E-state index is 11.7. The van der Waals surface area contributed by atoms with Crippen molar-refractivity contribution in [1.82, 2.24) is 4.90 Å². The van der Waals surface area contributed by atoms with Crippen molar-refractivity contribution in [3.8, 4) is 11.5 Å². The van der Waals surface area contributed by atoms with E-state index in [4.69, 9.17) is 9.47 Å². The van der Waals surface area contributed by atoms with Gasteiger partial charge < -0.3 is 14.6 Å². The van der Waals surface area contributed by atoms with Crippen LogP contribution < -0.4 is 9.47 Å². The number of ether oxygens (including phenoxy) is 2. The first-order chi connectivity index (χ1) is 10.6. The van der Waals surface area contributed by atoms with Crippen LogP contribution in [0.2, 0.25) is 0 Å². The molecular formula is C18H22ClNO3. The summed E-state index contributed by atoms with van der Waals surface area (Å²) in [5, 5.41) is 11.7. The van der Waals surface area contributed by atoms with Gasteiger partial charge in [-0.2, -0.15) is 0 Å². The molecule has 2 aliphatic heterocycles. The van der Waals surface area contributed by atoms with Crippen molar-refractivity contribution >= 4 is 12.4 Å². The molecule has 23 heavy (non-hydrogen) atoms. The number of nitrogens with zero attached hydrogens (tertiary/aromatic N) is 1. The molecule has 5 heteroatoms. The third-order valence-corrected chi connectivity index (χ3v) is 6.43. The molecular weight excluding hydrogens is 314 g/mol. The van der Waals surface area contributed by atoms with Gasteiger partial charge >= 0.3 is 0 Å². The Kier molecular flexibility index (Phi) is 3.10. The average Bonchev–Trinajstić information content (AvgIpc) is 2.85. The third-order valence-electron chi connectivity index (χ3n) is 6.43. The monoisotopic (exact) mass is 335 g/mol. The Bertz CT molecular complexity index is 706. The van der Waals surface area contributed by atoms with Gasteiger partial charge in [-0.25, -0.2) is 0 Å². The Hall–Kier alpha value is -1.23. The van der Waals surface area contributed by atoms with Gasteiger partial charge in [0, 0.05) is 18.0 Å². The normalized spacial score (nSPS) is 39.3. The van der Waals surface area contributed by atoms with Gasteiger partial charge in [0.1, 0.15) is 11.7 Å². The number of likely N-dealkylation sites (N-methyl/N-ethyl adjacent to an activating group) is 1. The van der Waals surface area contributed by atoms with E-state index in [0.717, 1.165) is 37.3 Å². The van der Waals surface area contributed by atoms with Crippen LogP contribution in [0.25, 0.3) is 0 Å². The molecule has 2 aliphatic carbocycles. The number of hydrogen-bond acceptors (Lipinski definition) is 4. The van der Waals surface area contributed by atoms with Gasteiger partial charge in [0.25, 0.3) is 0 Å². The lowest BCUT2D eigenvalue weighted by Crippen LogP contribution is -2.73. The van der Waals surface area contributed by atoms with Crippen LogP contribution in [0.5, 0.6) is 11.5 Å². The number of aliphatic hydroxyl groups is 1. The van der Waals surface area contributed by atoms with E-state index in [0.29, 0.717) is 0 Å². The number of likely N-dealkylation sites (tertiary alicyclic amines) is 1. The van der Waals surface area contributed by atoms with Crippen molar-refractivity contribution in [3.05, 3.63) is 35.4 Å². The first-order valence-corrected chi connectivity index (χ1v) is 8.09. The molecule has 1 aromatic rings. The van der Waals surface area contributed by atoms with Crippen LogP contribution in [0, 0.1) is 0 Å². The molecule has 1 spiro atoms. The summed E-state index contributed by atoms with van der Waals surface area (Å²) in [6, 6.07) is 4.29. The SMILES string of the molecule is COc1ccc2c3c1O[C@H]1CC=C[C@@]4(O)[C@@H](C2)N(C)CC[C@]314.Cl. The van der Waals surface area contributed by atoms with Gasteiger partial charge in [-0.1, -0.05) is 18.2 Å². The number of halogens is 1. The molecule has 1 saturated heterocycles. The second kappa shape index (κ2) is 4.65. The Labute approximate surface area is 142 Å². The van der Waals surface area contributed by atoms with Crippen LogP contribution in [0.1, 0.15) is 24.0 Å². The fourth-order valence-corrected chi connectivity index (χ4v) is 5.43. The molecule has 0 saturated carbocycles. The highest BCUT2D eigenvalue weighted by molar-refractivity contribution is 5.85.